The lowest BCUT2D eigenvalue weighted by Gasteiger charge is -2.37. The van der Waals surface area contributed by atoms with Crippen LogP contribution in [-0.4, -0.2) is 48.0 Å². The van der Waals surface area contributed by atoms with E-state index in [4.69, 9.17) is 10.7 Å². The first kappa shape index (κ1) is 20.5. The number of rotatable bonds is 4. The van der Waals surface area contributed by atoms with Crippen LogP contribution in [-0.2, 0) is 13.0 Å². The van der Waals surface area contributed by atoms with E-state index < -0.39 is 0 Å². The van der Waals surface area contributed by atoms with Crippen LogP contribution in [0, 0.1) is 5.92 Å². The van der Waals surface area contributed by atoms with Crippen LogP contribution in [0.2, 0.25) is 0 Å². The predicted octanol–water partition coefficient (Wildman–Crippen LogP) is 3.49. The highest BCUT2D eigenvalue weighted by atomic mass is 127. The Labute approximate surface area is 169 Å². The van der Waals surface area contributed by atoms with Gasteiger partial charge >= 0.3 is 0 Å². The molecule has 0 aliphatic carbocycles. The van der Waals surface area contributed by atoms with E-state index in [2.05, 4.69) is 47.9 Å². The molecule has 1 aromatic carbocycles. The molecule has 3 rings (SSSR count). The third kappa shape index (κ3) is 5.33. The highest BCUT2D eigenvalue weighted by molar-refractivity contribution is 14.0. The number of hydrogen-bond acceptors (Lipinski definition) is 2. The maximum Gasteiger partial charge on any atom is 0.191 e. The predicted molar refractivity (Wildman–Crippen MR) is 117 cm³/mol. The van der Waals surface area contributed by atoms with Crippen LogP contribution in [0.3, 0.4) is 0 Å². The zero-order valence-corrected chi connectivity index (χ0v) is 18.0. The van der Waals surface area contributed by atoms with Crippen molar-refractivity contribution in [3.05, 3.63) is 35.4 Å². The van der Waals surface area contributed by atoms with Crippen molar-refractivity contribution in [1.82, 2.24) is 9.80 Å². The lowest BCUT2D eigenvalue weighted by atomic mass is 9.95. The Bertz CT molecular complexity index is 567. The summed E-state index contributed by atoms with van der Waals surface area (Å²) in [5.41, 5.74) is 9.24. The Morgan fingerprint density at radius 1 is 1.08 bits per heavy atom. The van der Waals surface area contributed by atoms with Crippen LogP contribution >= 0.6 is 24.0 Å². The fourth-order valence-corrected chi connectivity index (χ4v) is 3.96. The molecule has 1 unspecified atom stereocenters. The first-order valence-electron chi connectivity index (χ1n) is 9.51. The van der Waals surface area contributed by atoms with Gasteiger partial charge in [-0.2, -0.15) is 0 Å². The number of benzene rings is 1. The second kappa shape index (κ2) is 9.76. The fraction of sp³-hybridized carbons (Fsp3) is 0.650. The Hall–Kier alpha value is -0.820. The summed E-state index contributed by atoms with van der Waals surface area (Å²) in [6, 6.07) is 9.30. The van der Waals surface area contributed by atoms with Gasteiger partial charge < -0.3 is 10.6 Å². The largest absolute Gasteiger partial charge is 0.370 e. The molecule has 2 heterocycles. The minimum atomic E-state index is 0. The zero-order valence-electron chi connectivity index (χ0n) is 15.7. The van der Waals surface area contributed by atoms with Crippen molar-refractivity contribution in [2.75, 3.05) is 26.2 Å². The molecule has 25 heavy (non-hydrogen) atoms. The highest BCUT2D eigenvalue weighted by Crippen LogP contribution is 2.23. The van der Waals surface area contributed by atoms with Gasteiger partial charge in [0.15, 0.2) is 5.96 Å². The number of fused-ring (bicyclic) bond motifs is 1. The quantitative estimate of drug-likeness (QED) is 0.429. The van der Waals surface area contributed by atoms with E-state index in [9.17, 15) is 0 Å². The molecule has 4 nitrogen and oxygen atoms in total. The Morgan fingerprint density at radius 2 is 1.76 bits per heavy atom. The first-order chi connectivity index (χ1) is 11.6. The smallest absolute Gasteiger partial charge is 0.191 e. The van der Waals surface area contributed by atoms with Crippen LogP contribution in [0.5, 0.6) is 0 Å². The molecule has 1 fully saturated rings. The minimum absolute atomic E-state index is 0. The summed E-state index contributed by atoms with van der Waals surface area (Å²) in [5.74, 6) is 1.32. The Balaban J connectivity index is 0.00000225. The molecule has 1 atom stereocenters. The molecule has 2 N–H and O–H groups in total. The molecule has 1 aromatic rings. The monoisotopic (exact) mass is 456 g/mol. The lowest BCUT2D eigenvalue weighted by molar-refractivity contribution is 0.144. The van der Waals surface area contributed by atoms with E-state index >= 15 is 0 Å². The minimum Gasteiger partial charge on any atom is -0.370 e. The molecule has 1 saturated heterocycles. The summed E-state index contributed by atoms with van der Waals surface area (Å²) < 4.78 is 0. The van der Waals surface area contributed by atoms with E-state index in [0.29, 0.717) is 12.0 Å². The number of guanidine groups is 1. The number of nitrogens with two attached hydrogens (primary N) is 1. The van der Waals surface area contributed by atoms with Crippen molar-refractivity contribution in [1.29, 1.82) is 0 Å². The fourth-order valence-electron chi connectivity index (χ4n) is 3.96. The van der Waals surface area contributed by atoms with Crippen LogP contribution < -0.4 is 5.73 Å². The van der Waals surface area contributed by atoms with Crippen molar-refractivity contribution in [2.45, 2.75) is 52.1 Å². The Morgan fingerprint density at radius 3 is 2.44 bits per heavy atom. The van der Waals surface area contributed by atoms with Crippen molar-refractivity contribution < 1.29 is 0 Å². The molecule has 0 saturated carbocycles. The molecule has 0 aromatic heterocycles. The van der Waals surface area contributed by atoms with Gasteiger partial charge in [0.2, 0.25) is 0 Å². The molecular weight excluding hydrogens is 423 g/mol. The molecule has 140 valence electrons. The van der Waals surface area contributed by atoms with Crippen molar-refractivity contribution in [3.8, 4) is 0 Å². The summed E-state index contributed by atoms with van der Waals surface area (Å²) in [6.07, 6.45) is 4.95. The van der Waals surface area contributed by atoms with Gasteiger partial charge in [0.25, 0.3) is 0 Å². The Kier molecular flexibility index (Phi) is 8.00. The third-order valence-corrected chi connectivity index (χ3v) is 5.52. The number of aliphatic imine (C=N–C) groups is 1. The van der Waals surface area contributed by atoms with Crippen LogP contribution in [0.1, 0.15) is 44.2 Å². The van der Waals surface area contributed by atoms with Crippen molar-refractivity contribution >= 4 is 29.9 Å². The summed E-state index contributed by atoms with van der Waals surface area (Å²) in [7, 11) is 0. The maximum atomic E-state index is 6.26. The molecule has 5 heteroatoms. The molecular formula is C20H33IN4. The summed E-state index contributed by atoms with van der Waals surface area (Å²) in [5, 5.41) is 0. The van der Waals surface area contributed by atoms with Crippen molar-refractivity contribution in [3.63, 3.8) is 0 Å². The first-order valence-corrected chi connectivity index (χ1v) is 9.51. The standard InChI is InChI=1S/C20H32N4.HI/c1-16(2)19(14-22-20(21)23-11-6-3-7-12-23)24-13-10-17-8-4-5-9-18(17)15-24;/h4-5,8-9,16,19H,3,6-7,10-15H2,1-2H3,(H2,21,22);1H. The average Bonchev–Trinajstić information content (AvgIpc) is 2.62. The van der Waals surface area contributed by atoms with Gasteiger partial charge in [-0.3, -0.25) is 9.89 Å². The van der Waals surface area contributed by atoms with E-state index in [1.165, 1.54) is 30.4 Å². The third-order valence-electron chi connectivity index (χ3n) is 5.52. The van der Waals surface area contributed by atoms with Gasteiger partial charge in [-0.15, -0.1) is 24.0 Å². The van der Waals surface area contributed by atoms with E-state index in [1.54, 1.807) is 0 Å². The SMILES string of the molecule is CC(C)C(CN=C(N)N1CCCCC1)N1CCc2ccccc2C1.I. The number of nitrogens with zero attached hydrogens (tertiary/aromatic N) is 3. The molecule has 0 amide bonds. The van der Waals surface area contributed by atoms with Gasteiger partial charge in [-0.05, 0) is 42.7 Å². The topological polar surface area (TPSA) is 44.9 Å². The molecule has 2 aliphatic heterocycles. The van der Waals surface area contributed by atoms with Gasteiger partial charge in [-0.1, -0.05) is 38.1 Å². The summed E-state index contributed by atoms with van der Waals surface area (Å²) >= 11 is 0. The van der Waals surface area contributed by atoms with Crippen molar-refractivity contribution in [2.24, 2.45) is 16.6 Å². The summed E-state index contributed by atoms with van der Waals surface area (Å²) in [6.45, 7) is 9.71. The lowest BCUT2D eigenvalue weighted by Crippen LogP contribution is -2.45. The maximum absolute atomic E-state index is 6.26. The molecule has 0 radical (unpaired) electrons. The van der Waals surface area contributed by atoms with Gasteiger partial charge in [0, 0.05) is 32.2 Å². The molecule has 0 spiro atoms. The molecule has 0 bridgehead atoms. The van der Waals surface area contributed by atoms with Crippen LogP contribution in [0.15, 0.2) is 29.3 Å². The van der Waals surface area contributed by atoms with E-state index in [0.717, 1.165) is 45.1 Å². The van der Waals surface area contributed by atoms with E-state index in [1.807, 2.05) is 0 Å². The number of halogens is 1. The van der Waals surface area contributed by atoms with Gasteiger partial charge in [-0.25, -0.2) is 0 Å². The number of piperidine rings is 1. The van der Waals surface area contributed by atoms with Crippen LogP contribution in [0.25, 0.3) is 0 Å². The van der Waals surface area contributed by atoms with Gasteiger partial charge in [0.05, 0.1) is 6.54 Å². The highest BCUT2D eigenvalue weighted by Gasteiger charge is 2.25. The second-order valence-electron chi connectivity index (χ2n) is 7.55. The van der Waals surface area contributed by atoms with Gasteiger partial charge in [0.1, 0.15) is 0 Å². The second-order valence-corrected chi connectivity index (χ2v) is 7.55. The van der Waals surface area contributed by atoms with E-state index in [-0.39, 0.29) is 24.0 Å². The number of likely N-dealkylation sites (tertiary alicyclic amines) is 1. The average molecular weight is 456 g/mol. The zero-order chi connectivity index (χ0) is 16.9. The normalized spacial score (nSPS) is 20.1. The summed E-state index contributed by atoms with van der Waals surface area (Å²) in [4.78, 5) is 9.63. The number of hydrogen-bond donors (Lipinski definition) is 1. The van der Waals surface area contributed by atoms with Crippen LogP contribution in [0.4, 0.5) is 0 Å². The molecule has 2 aliphatic rings.